The van der Waals surface area contributed by atoms with E-state index in [1.54, 1.807) is 0 Å². The van der Waals surface area contributed by atoms with E-state index in [1.807, 2.05) is 0 Å². The van der Waals surface area contributed by atoms with Crippen molar-refractivity contribution in [2.45, 2.75) is 158 Å². The molecule has 0 bridgehead atoms. The smallest absolute Gasteiger partial charge is 0.124 e. The Bertz CT molecular complexity index is 1080. The molecule has 220 valence electrons. The molecule has 0 aliphatic rings. The minimum Gasteiger partial charge on any atom is -0.124 e. The molecule has 0 nitrogen and oxygen atoms in total. The van der Waals surface area contributed by atoms with E-state index in [9.17, 15) is 0 Å². The quantitative estimate of drug-likeness (QED) is 0.219. The van der Waals surface area contributed by atoms with Gasteiger partial charge < -0.3 is 0 Å². The molecule has 0 rings (SSSR count). The Hall–Kier alpha value is -2.11. The van der Waals surface area contributed by atoms with Gasteiger partial charge in [0.25, 0.3) is 0 Å². The van der Waals surface area contributed by atoms with E-state index < -0.39 is 16.1 Å². The second-order valence-corrected chi connectivity index (χ2v) is 25.1. The third-order valence-electron chi connectivity index (χ3n) is 8.67. The Labute approximate surface area is 253 Å². The van der Waals surface area contributed by atoms with Gasteiger partial charge >= 0.3 is 0 Å². The summed E-state index contributed by atoms with van der Waals surface area (Å²) in [6, 6.07) is 0. The van der Waals surface area contributed by atoms with Gasteiger partial charge in [0.1, 0.15) is 16.1 Å². The van der Waals surface area contributed by atoms with Gasteiger partial charge in [0.05, 0.1) is 16.7 Å². The van der Waals surface area contributed by atoms with Crippen LogP contribution >= 0.6 is 0 Å². The van der Waals surface area contributed by atoms with Gasteiger partial charge in [-0.2, -0.15) is 0 Å². The maximum atomic E-state index is 3.84. The van der Waals surface area contributed by atoms with Crippen LogP contribution in [0.1, 0.15) is 125 Å². The molecular weight excluding hydrogens is 513 g/mol. The second-order valence-electron chi connectivity index (χ2n) is 13.9. The average molecular weight is 573 g/mol. The first-order chi connectivity index (χ1) is 18.3. The molecule has 0 aromatic rings. The standard InChI is InChI=1S/C38H60Si2/c1-27(2)36(19-21-37(28(3)4)23-25-39(30(7)8,31(9)10)32(11)12)20-22-38(29(5)6)24-26-40(33(13)14,34(15)16)35(17)18/h30-35H,1-18H3. The molecule has 0 aromatic carbocycles. The fraction of sp³-hybridized carbons (Fsp3) is 0.632. The first kappa shape index (κ1) is 37.9. The summed E-state index contributed by atoms with van der Waals surface area (Å²) in [4.78, 5) is 0. The Kier molecular flexibility index (Phi) is 15.5. The molecule has 0 aliphatic heterocycles. The van der Waals surface area contributed by atoms with Crippen LogP contribution in [-0.2, 0) is 0 Å². The Morgan fingerprint density at radius 1 is 0.325 bits per heavy atom. The second kappa shape index (κ2) is 16.4. The van der Waals surface area contributed by atoms with E-state index in [0.717, 1.165) is 33.4 Å². The van der Waals surface area contributed by atoms with Crippen molar-refractivity contribution < 1.29 is 0 Å². The number of hydrogen-bond acceptors (Lipinski definition) is 0. The molecule has 0 saturated carbocycles. The van der Waals surface area contributed by atoms with Crippen LogP contribution in [0.5, 0.6) is 0 Å². The van der Waals surface area contributed by atoms with Gasteiger partial charge in [-0.05, 0) is 74.8 Å². The van der Waals surface area contributed by atoms with Crippen molar-refractivity contribution in [3.63, 3.8) is 0 Å². The lowest BCUT2D eigenvalue weighted by atomic mass is 10.1. The van der Waals surface area contributed by atoms with Crippen molar-refractivity contribution in [1.29, 1.82) is 0 Å². The van der Waals surface area contributed by atoms with Crippen LogP contribution in [0, 0.1) is 46.6 Å². The molecular formula is C38H60Si2. The molecule has 2 heteroatoms. The highest BCUT2D eigenvalue weighted by atomic mass is 28.3. The van der Waals surface area contributed by atoms with Gasteiger partial charge in [-0.3, -0.25) is 0 Å². The van der Waals surface area contributed by atoms with E-state index in [1.165, 1.54) is 0 Å². The largest absolute Gasteiger partial charge is 0.146 e. The van der Waals surface area contributed by atoms with E-state index in [4.69, 9.17) is 0 Å². The summed E-state index contributed by atoms with van der Waals surface area (Å²) in [5, 5.41) is 0. The van der Waals surface area contributed by atoms with Gasteiger partial charge in [0, 0.05) is 0 Å². The Morgan fingerprint density at radius 2 is 0.500 bits per heavy atom. The van der Waals surface area contributed by atoms with Gasteiger partial charge in [-0.15, -0.1) is 11.1 Å². The maximum Gasteiger partial charge on any atom is 0.146 e. The lowest BCUT2D eigenvalue weighted by molar-refractivity contribution is 0.838. The zero-order valence-corrected chi connectivity index (χ0v) is 31.5. The zero-order chi connectivity index (χ0) is 31.6. The summed E-state index contributed by atoms with van der Waals surface area (Å²) in [5.41, 5.74) is 17.4. The summed E-state index contributed by atoms with van der Waals surface area (Å²) in [7, 11) is -3.65. The summed E-state index contributed by atoms with van der Waals surface area (Å²) in [5.74, 6) is 20.8. The molecule has 40 heavy (non-hydrogen) atoms. The fourth-order valence-electron chi connectivity index (χ4n) is 6.30. The van der Waals surface area contributed by atoms with Crippen molar-refractivity contribution >= 4 is 16.1 Å². The van der Waals surface area contributed by atoms with Crippen LogP contribution in [0.2, 0.25) is 33.2 Å². The average Bonchev–Trinajstić information content (AvgIpc) is 2.79. The summed E-state index contributed by atoms with van der Waals surface area (Å²) in [6.07, 6.45) is 0. The third-order valence-corrected chi connectivity index (χ3v) is 21.2. The van der Waals surface area contributed by atoms with Crippen LogP contribution in [-0.4, -0.2) is 16.1 Å². The van der Waals surface area contributed by atoms with E-state index in [0.29, 0.717) is 33.2 Å². The van der Waals surface area contributed by atoms with Crippen molar-refractivity contribution in [3.05, 3.63) is 33.4 Å². The van der Waals surface area contributed by atoms with Crippen LogP contribution in [0.4, 0.5) is 0 Å². The number of allylic oxidation sites excluding steroid dienone is 6. The minimum atomic E-state index is -1.83. The molecule has 0 heterocycles. The molecule has 0 amide bonds. The first-order valence-electron chi connectivity index (χ1n) is 15.4. The maximum absolute atomic E-state index is 3.84. The molecule has 0 radical (unpaired) electrons. The van der Waals surface area contributed by atoms with Gasteiger partial charge in [-0.1, -0.05) is 135 Å². The van der Waals surface area contributed by atoms with Crippen molar-refractivity contribution in [3.8, 4) is 46.6 Å². The minimum absolute atomic E-state index is 0.595. The van der Waals surface area contributed by atoms with Crippen molar-refractivity contribution in [2.24, 2.45) is 0 Å². The SMILES string of the molecule is CC(C)=C(C#CC(C#C[Si](C(C)C)(C(C)C)C(C)C)=C(C)C)C#CC(C#C[Si](C(C)C)(C(C)C)C(C)C)=C(C)C. The van der Waals surface area contributed by atoms with E-state index >= 15 is 0 Å². The van der Waals surface area contributed by atoms with Crippen molar-refractivity contribution in [2.75, 3.05) is 0 Å². The molecule has 0 spiro atoms. The highest BCUT2D eigenvalue weighted by Gasteiger charge is 2.42. The zero-order valence-electron chi connectivity index (χ0n) is 29.5. The highest BCUT2D eigenvalue weighted by molar-refractivity contribution is 6.91. The fourth-order valence-corrected chi connectivity index (χ4v) is 16.7. The predicted octanol–water partition coefficient (Wildman–Crippen LogP) is 11.4. The predicted molar refractivity (Wildman–Crippen MR) is 188 cm³/mol. The topological polar surface area (TPSA) is 0 Å². The lowest BCUT2D eigenvalue weighted by Gasteiger charge is -2.38. The molecule has 0 saturated heterocycles. The summed E-state index contributed by atoms with van der Waals surface area (Å²) >= 11 is 0. The van der Waals surface area contributed by atoms with Gasteiger partial charge in [-0.25, -0.2) is 0 Å². The molecule has 0 aliphatic carbocycles. The normalized spacial score (nSPS) is 11.3. The first-order valence-corrected chi connectivity index (χ1v) is 19.9. The Balaban J connectivity index is 6.81. The van der Waals surface area contributed by atoms with Crippen LogP contribution < -0.4 is 0 Å². The molecule has 0 unspecified atom stereocenters. The number of rotatable bonds is 6. The highest BCUT2D eigenvalue weighted by Crippen LogP contribution is 2.41. The Morgan fingerprint density at radius 3 is 0.650 bits per heavy atom. The van der Waals surface area contributed by atoms with Gasteiger partial charge in [0.2, 0.25) is 0 Å². The van der Waals surface area contributed by atoms with E-state index in [2.05, 4.69) is 171 Å². The van der Waals surface area contributed by atoms with Crippen LogP contribution in [0.15, 0.2) is 33.4 Å². The van der Waals surface area contributed by atoms with Crippen molar-refractivity contribution in [1.82, 2.24) is 0 Å². The molecule has 0 N–H and O–H groups in total. The molecule has 0 aromatic heterocycles. The van der Waals surface area contributed by atoms with Gasteiger partial charge in [0.15, 0.2) is 0 Å². The monoisotopic (exact) mass is 572 g/mol. The van der Waals surface area contributed by atoms with Crippen LogP contribution in [0.25, 0.3) is 0 Å². The van der Waals surface area contributed by atoms with Crippen LogP contribution in [0.3, 0.4) is 0 Å². The summed E-state index contributed by atoms with van der Waals surface area (Å²) in [6.45, 7) is 40.9. The third kappa shape index (κ3) is 9.48. The summed E-state index contributed by atoms with van der Waals surface area (Å²) < 4.78 is 0. The molecule has 0 fully saturated rings. The molecule has 0 atom stereocenters. The van der Waals surface area contributed by atoms with E-state index in [-0.39, 0.29) is 0 Å². The number of hydrogen-bond donors (Lipinski definition) is 0. The lowest BCUT2D eigenvalue weighted by Crippen LogP contribution is -2.43.